The first kappa shape index (κ1) is 21.9. The van der Waals surface area contributed by atoms with Gasteiger partial charge in [-0.3, -0.25) is 4.79 Å². The van der Waals surface area contributed by atoms with E-state index in [0.29, 0.717) is 30.8 Å². The number of aryl methyl sites for hydroxylation is 2. The van der Waals surface area contributed by atoms with Crippen molar-refractivity contribution >= 4 is 16.9 Å². The van der Waals surface area contributed by atoms with Crippen molar-refractivity contribution in [2.24, 2.45) is 5.92 Å². The highest BCUT2D eigenvalue weighted by Crippen LogP contribution is 2.40. The lowest BCUT2D eigenvalue weighted by Gasteiger charge is -2.47. The second kappa shape index (κ2) is 8.65. The molecule has 4 rings (SSSR count). The first-order valence-electron chi connectivity index (χ1n) is 11.6. The molecule has 1 aliphatic heterocycles. The molecule has 3 atom stereocenters. The third-order valence-electron chi connectivity index (χ3n) is 7.11. The number of carbonyl (C=O) groups excluding carboxylic acids is 1. The SMILES string of the molecule is CCCc1cc(=O)oc2c(C)c(O[C@H](C)C(=O)N3CC[C@@]4(O)CCCC[C@H]4C3)ccc12. The van der Waals surface area contributed by atoms with Gasteiger partial charge in [0, 0.05) is 36.0 Å². The Labute approximate surface area is 183 Å². The number of piperidine rings is 1. The van der Waals surface area contributed by atoms with Gasteiger partial charge in [0.05, 0.1) is 5.60 Å². The van der Waals surface area contributed by atoms with Gasteiger partial charge in [0.25, 0.3) is 5.91 Å². The van der Waals surface area contributed by atoms with Crippen molar-refractivity contribution in [2.45, 2.75) is 77.4 Å². The smallest absolute Gasteiger partial charge is 0.336 e. The summed E-state index contributed by atoms with van der Waals surface area (Å²) < 4.78 is 11.5. The van der Waals surface area contributed by atoms with Crippen LogP contribution in [-0.4, -0.2) is 40.7 Å². The molecule has 0 bridgehead atoms. The van der Waals surface area contributed by atoms with Crippen LogP contribution in [0.4, 0.5) is 0 Å². The number of likely N-dealkylation sites (tertiary alicyclic amines) is 1. The maximum absolute atomic E-state index is 13.1. The minimum Gasteiger partial charge on any atom is -0.480 e. The fraction of sp³-hybridized carbons (Fsp3) is 0.600. The predicted molar refractivity (Wildman–Crippen MR) is 119 cm³/mol. The fourth-order valence-electron chi connectivity index (χ4n) is 5.28. The second-order valence-electron chi connectivity index (χ2n) is 9.25. The van der Waals surface area contributed by atoms with E-state index < -0.39 is 11.7 Å². The zero-order valence-electron chi connectivity index (χ0n) is 18.8. The number of hydrogen-bond acceptors (Lipinski definition) is 5. The van der Waals surface area contributed by atoms with E-state index >= 15 is 0 Å². The van der Waals surface area contributed by atoms with Gasteiger partial charge in [0.2, 0.25) is 0 Å². The molecule has 1 saturated carbocycles. The van der Waals surface area contributed by atoms with E-state index in [1.807, 2.05) is 24.0 Å². The first-order chi connectivity index (χ1) is 14.8. The molecule has 1 aromatic heterocycles. The summed E-state index contributed by atoms with van der Waals surface area (Å²) in [6, 6.07) is 5.32. The van der Waals surface area contributed by atoms with Crippen molar-refractivity contribution in [3.63, 3.8) is 0 Å². The van der Waals surface area contributed by atoms with Crippen LogP contribution in [0.15, 0.2) is 27.4 Å². The molecule has 0 spiro atoms. The van der Waals surface area contributed by atoms with Crippen molar-refractivity contribution < 1.29 is 19.1 Å². The van der Waals surface area contributed by atoms with Crippen molar-refractivity contribution in [3.8, 4) is 5.75 Å². The number of ether oxygens (including phenoxy) is 1. The van der Waals surface area contributed by atoms with E-state index in [-0.39, 0.29) is 17.5 Å². The monoisotopic (exact) mass is 427 g/mol. The van der Waals surface area contributed by atoms with Crippen molar-refractivity contribution in [1.29, 1.82) is 0 Å². The zero-order valence-corrected chi connectivity index (χ0v) is 18.8. The molecule has 168 valence electrons. The highest BCUT2D eigenvalue weighted by molar-refractivity contribution is 5.85. The van der Waals surface area contributed by atoms with Gasteiger partial charge in [-0.2, -0.15) is 0 Å². The molecule has 31 heavy (non-hydrogen) atoms. The topological polar surface area (TPSA) is 80.0 Å². The molecule has 1 aromatic carbocycles. The molecule has 1 saturated heterocycles. The molecular weight excluding hydrogens is 394 g/mol. The van der Waals surface area contributed by atoms with Crippen LogP contribution in [0, 0.1) is 12.8 Å². The van der Waals surface area contributed by atoms with Crippen LogP contribution in [0.2, 0.25) is 0 Å². The maximum Gasteiger partial charge on any atom is 0.336 e. The predicted octanol–water partition coefficient (Wildman–Crippen LogP) is 3.97. The Morgan fingerprint density at radius 3 is 2.94 bits per heavy atom. The van der Waals surface area contributed by atoms with Gasteiger partial charge < -0.3 is 19.2 Å². The van der Waals surface area contributed by atoms with Gasteiger partial charge in [-0.1, -0.05) is 26.2 Å². The van der Waals surface area contributed by atoms with Crippen LogP contribution in [0.25, 0.3) is 11.0 Å². The lowest BCUT2D eigenvalue weighted by Crippen LogP contribution is -2.56. The van der Waals surface area contributed by atoms with E-state index in [9.17, 15) is 14.7 Å². The summed E-state index contributed by atoms with van der Waals surface area (Å²) in [5.74, 6) is 0.643. The van der Waals surface area contributed by atoms with Gasteiger partial charge in [-0.15, -0.1) is 0 Å². The molecule has 1 aliphatic carbocycles. The summed E-state index contributed by atoms with van der Waals surface area (Å²) >= 11 is 0. The first-order valence-corrected chi connectivity index (χ1v) is 11.6. The third kappa shape index (κ3) is 4.22. The third-order valence-corrected chi connectivity index (χ3v) is 7.11. The summed E-state index contributed by atoms with van der Waals surface area (Å²) in [5, 5.41) is 11.8. The molecule has 0 radical (unpaired) electrons. The Morgan fingerprint density at radius 2 is 2.16 bits per heavy atom. The summed E-state index contributed by atoms with van der Waals surface area (Å²) in [4.78, 5) is 27.0. The van der Waals surface area contributed by atoms with E-state index in [1.165, 1.54) is 0 Å². The number of fused-ring (bicyclic) bond motifs is 2. The number of hydrogen-bond donors (Lipinski definition) is 1. The van der Waals surface area contributed by atoms with Crippen LogP contribution in [0.5, 0.6) is 5.75 Å². The largest absolute Gasteiger partial charge is 0.480 e. The molecule has 6 nitrogen and oxygen atoms in total. The minimum atomic E-state index is -0.656. The lowest BCUT2D eigenvalue weighted by molar-refractivity contribution is -0.149. The van der Waals surface area contributed by atoms with Gasteiger partial charge in [0.1, 0.15) is 11.3 Å². The number of carbonyl (C=O) groups is 1. The Bertz CT molecular complexity index is 1030. The van der Waals surface area contributed by atoms with Crippen LogP contribution in [0.1, 0.15) is 63.5 Å². The normalized spacial score (nSPS) is 24.6. The number of nitrogens with zero attached hydrogens (tertiary/aromatic N) is 1. The summed E-state index contributed by atoms with van der Waals surface area (Å²) in [5.41, 5.74) is 1.25. The van der Waals surface area contributed by atoms with Crippen LogP contribution in [-0.2, 0) is 11.2 Å². The lowest BCUT2D eigenvalue weighted by atomic mass is 9.71. The van der Waals surface area contributed by atoms with E-state index in [4.69, 9.17) is 9.15 Å². The van der Waals surface area contributed by atoms with Crippen LogP contribution in [0.3, 0.4) is 0 Å². The summed E-state index contributed by atoms with van der Waals surface area (Å²) in [7, 11) is 0. The Balaban J connectivity index is 1.51. The second-order valence-corrected chi connectivity index (χ2v) is 9.25. The average molecular weight is 428 g/mol. The van der Waals surface area contributed by atoms with Gasteiger partial charge in [-0.25, -0.2) is 4.79 Å². The Kier molecular flexibility index (Phi) is 6.11. The standard InChI is InChI=1S/C25H33NO5/c1-4-7-18-14-22(27)31-23-16(2)21(10-9-20(18)23)30-17(3)24(28)26-13-12-25(29)11-6-5-8-19(25)15-26/h9-10,14,17,19,29H,4-8,11-13,15H2,1-3H3/t17-,19+,25+/m1/s1. The number of benzene rings is 1. The van der Waals surface area contributed by atoms with Crippen LogP contribution < -0.4 is 10.4 Å². The van der Waals surface area contributed by atoms with Crippen molar-refractivity contribution in [2.75, 3.05) is 13.1 Å². The molecule has 2 heterocycles. The van der Waals surface area contributed by atoms with Gasteiger partial charge >= 0.3 is 5.63 Å². The fourth-order valence-corrected chi connectivity index (χ4v) is 5.28. The number of rotatable bonds is 5. The highest BCUT2D eigenvalue weighted by Gasteiger charge is 2.44. The quantitative estimate of drug-likeness (QED) is 0.730. The number of aliphatic hydroxyl groups is 1. The van der Waals surface area contributed by atoms with E-state index in [2.05, 4.69) is 6.92 Å². The molecular formula is C25H33NO5. The average Bonchev–Trinajstić information content (AvgIpc) is 2.75. The van der Waals surface area contributed by atoms with E-state index in [1.54, 1.807) is 13.0 Å². The molecule has 0 unspecified atom stereocenters. The summed E-state index contributed by atoms with van der Waals surface area (Å²) in [6.07, 6.45) is 5.71. The van der Waals surface area contributed by atoms with Gasteiger partial charge in [-0.05, 0) is 57.2 Å². The highest BCUT2D eigenvalue weighted by atomic mass is 16.5. The van der Waals surface area contributed by atoms with E-state index in [0.717, 1.165) is 55.0 Å². The minimum absolute atomic E-state index is 0.0618. The molecule has 6 heteroatoms. The number of amides is 1. The molecule has 1 N–H and O–H groups in total. The van der Waals surface area contributed by atoms with Crippen molar-refractivity contribution in [3.05, 3.63) is 39.7 Å². The molecule has 2 aromatic rings. The van der Waals surface area contributed by atoms with Crippen LogP contribution >= 0.6 is 0 Å². The zero-order chi connectivity index (χ0) is 22.2. The molecule has 1 amide bonds. The maximum atomic E-state index is 13.1. The Hall–Kier alpha value is -2.34. The molecule has 2 aliphatic rings. The molecule has 2 fully saturated rings. The van der Waals surface area contributed by atoms with Gasteiger partial charge in [0.15, 0.2) is 6.10 Å². The van der Waals surface area contributed by atoms with Crippen molar-refractivity contribution in [1.82, 2.24) is 4.90 Å². The summed E-state index contributed by atoms with van der Waals surface area (Å²) in [6.45, 7) is 6.85. The Morgan fingerprint density at radius 1 is 1.35 bits per heavy atom.